The van der Waals surface area contributed by atoms with Crippen LogP contribution in [-0.4, -0.2) is 29.5 Å². The van der Waals surface area contributed by atoms with E-state index in [1.807, 2.05) is 43.5 Å². The summed E-state index contributed by atoms with van der Waals surface area (Å²) in [5, 5.41) is 4.53. The highest BCUT2D eigenvalue weighted by atomic mass is 32.2. The third-order valence-electron chi connectivity index (χ3n) is 4.60. The Labute approximate surface area is 173 Å². The molecule has 2 N–H and O–H groups in total. The zero-order valence-corrected chi connectivity index (χ0v) is 17.4. The Balaban J connectivity index is 1.36. The summed E-state index contributed by atoms with van der Waals surface area (Å²) in [6.45, 7) is 2.03. The molecule has 1 aliphatic rings. The summed E-state index contributed by atoms with van der Waals surface area (Å²) < 4.78 is 26.4. The SMILES string of the molecule is Cc1ccncc1-c1ccc(NC(=O)Cc2csc(NS(=O)(=O)C3CC3)n2)cc1. The number of hydrogen-bond acceptors (Lipinski definition) is 6. The summed E-state index contributed by atoms with van der Waals surface area (Å²) in [5.41, 5.74) is 4.43. The number of pyridine rings is 1. The van der Waals surface area contributed by atoms with Crippen molar-refractivity contribution in [1.82, 2.24) is 9.97 Å². The van der Waals surface area contributed by atoms with Gasteiger partial charge in [0, 0.05) is 29.0 Å². The first-order valence-corrected chi connectivity index (χ1v) is 11.6. The van der Waals surface area contributed by atoms with Gasteiger partial charge in [0.1, 0.15) is 0 Å². The van der Waals surface area contributed by atoms with Crippen LogP contribution >= 0.6 is 11.3 Å². The van der Waals surface area contributed by atoms with Crippen LogP contribution in [0.1, 0.15) is 24.1 Å². The molecule has 2 heterocycles. The molecule has 4 rings (SSSR count). The molecule has 1 saturated carbocycles. The Morgan fingerprint density at radius 2 is 1.97 bits per heavy atom. The van der Waals surface area contributed by atoms with Crippen molar-refractivity contribution < 1.29 is 13.2 Å². The van der Waals surface area contributed by atoms with Crippen LogP contribution in [-0.2, 0) is 21.2 Å². The van der Waals surface area contributed by atoms with Gasteiger partial charge in [0.2, 0.25) is 15.9 Å². The van der Waals surface area contributed by atoms with Crippen LogP contribution in [0.25, 0.3) is 11.1 Å². The molecule has 0 bridgehead atoms. The number of aromatic nitrogens is 2. The number of carbonyl (C=O) groups is 1. The van der Waals surface area contributed by atoms with Gasteiger partial charge in [-0.05, 0) is 49.1 Å². The van der Waals surface area contributed by atoms with Crippen LogP contribution in [0.3, 0.4) is 0 Å². The first-order chi connectivity index (χ1) is 13.9. The molecule has 1 aliphatic carbocycles. The van der Waals surface area contributed by atoms with E-state index in [0.29, 0.717) is 29.4 Å². The summed E-state index contributed by atoms with van der Waals surface area (Å²) >= 11 is 1.18. The molecule has 3 aromatic rings. The number of rotatable bonds is 7. The second-order valence-electron chi connectivity index (χ2n) is 6.98. The number of thiazole rings is 1. The van der Waals surface area contributed by atoms with Gasteiger partial charge in [-0.25, -0.2) is 13.4 Å². The predicted molar refractivity (Wildman–Crippen MR) is 114 cm³/mol. The van der Waals surface area contributed by atoms with Gasteiger partial charge in [-0.2, -0.15) is 0 Å². The van der Waals surface area contributed by atoms with Crippen molar-refractivity contribution in [3.8, 4) is 11.1 Å². The average Bonchev–Trinajstić information content (AvgIpc) is 3.46. The third kappa shape index (κ3) is 4.80. The van der Waals surface area contributed by atoms with Crippen LogP contribution in [0.15, 0.2) is 48.1 Å². The quantitative estimate of drug-likeness (QED) is 0.599. The molecule has 1 fully saturated rings. The first-order valence-electron chi connectivity index (χ1n) is 9.18. The number of nitrogens with one attached hydrogen (secondary N) is 2. The van der Waals surface area contributed by atoms with Crippen molar-refractivity contribution in [3.05, 3.63) is 59.4 Å². The zero-order chi connectivity index (χ0) is 20.4. The van der Waals surface area contributed by atoms with E-state index in [1.54, 1.807) is 11.6 Å². The molecule has 7 nitrogen and oxygen atoms in total. The van der Waals surface area contributed by atoms with E-state index in [4.69, 9.17) is 0 Å². The van der Waals surface area contributed by atoms with Crippen LogP contribution in [0.2, 0.25) is 0 Å². The Hall–Kier alpha value is -2.78. The summed E-state index contributed by atoms with van der Waals surface area (Å²) in [6.07, 6.45) is 5.03. The highest BCUT2D eigenvalue weighted by Gasteiger charge is 2.36. The minimum Gasteiger partial charge on any atom is -0.326 e. The Morgan fingerprint density at radius 1 is 1.21 bits per heavy atom. The minimum atomic E-state index is -3.34. The van der Waals surface area contributed by atoms with Gasteiger partial charge in [-0.15, -0.1) is 11.3 Å². The molecule has 0 radical (unpaired) electrons. The summed E-state index contributed by atoms with van der Waals surface area (Å²) in [5.74, 6) is -0.211. The van der Waals surface area contributed by atoms with Gasteiger partial charge in [0.05, 0.1) is 17.4 Å². The fourth-order valence-electron chi connectivity index (χ4n) is 2.89. The van der Waals surface area contributed by atoms with Gasteiger partial charge in [-0.3, -0.25) is 14.5 Å². The summed E-state index contributed by atoms with van der Waals surface area (Å²) in [7, 11) is -3.34. The molecule has 0 saturated heterocycles. The molecule has 150 valence electrons. The van der Waals surface area contributed by atoms with Crippen molar-refractivity contribution in [1.29, 1.82) is 0 Å². The maximum atomic E-state index is 12.3. The van der Waals surface area contributed by atoms with Crippen LogP contribution < -0.4 is 10.0 Å². The van der Waals surface area contributed by atoms with E-state index in [9.17, 15) is 13.2 Å². The monoisotopic (exact) mass is 428 g/mol. The maximum absolute atomic E-state index is 12.3. The Bertz CT molecular complexity index is 1140. The fourth-order valence-corrected chi connectivity index (χ4v) is 5.19. The van der Waals surface area contributed by atoms with E-state index in [0.717, 1.165) is 16.7 Å². The summed E-state index contributed by atoms with van der Waals surface area (Å²) in [6, 6.07) is 9.52. The molecule has 1 amide bonds. The van der Waals surface area contributed by atoms with Gasteiger partial charge >= 0.3 is 0 Å². The van der Waals surface area contributed by atoms with E-state index < -0.39 is 10.0 Å². The number of nitrogens with zero attached hydrogens (tertiary/aromatic N) is 2. The largest absolute Gasteiger partial charge is 0.326 e. The third-order valence-corrected chi connectivity index (χ3v) is 7.37. The number of sulfonamides is 1. The van der Waals surface area contributed by atoms with Gasteiger partial charge in [0.15, 0.2) is 5.13 Å². The molecular formula is C20H20N4O3S2. The minimum absolute atomic E-state index is 0.0745. The van der Waals surface area contributed by atoms with E-state index in [1.165, 1.54) is 11.3 Å². The van der Waals surface area contributed by atoms with Crippen molar-refractivity contribution >= 4 is 38.1 Å². The normalized spacial score (nSPS) is 13.8. The van der Waals surface area contributed by atoms with Crippen molar-refractivity contribution in [2.75, 3.05) is 10.0 Å². The lowest BCUT2D eigenvalue weighted by Gasteiger charge is -2.08. The van der Waals surface area contributed by atoms with Crippen molar-refractivity contribution in [3.63, 3.8) is 0 Å². The van der Waals surface area contributed by atoms with E-state index in [-0.39, 0.29) is 17.6 Å². The molecule has 29 heavy (non-hydrogen) atoms. The number of benzene rings is 1. The predicted octanol–water partition coefficient (Wildman–Crippen LogP) is 3.60. The molecule has 0 unspecified atom stereocenters. The molecule has 2 aromatic heterocycles. The topological polar surface area (TPSA) is 101 Å². The summed E-state index contributed by atoms with van der Waals surface area (Å²) in [4.78, 5) is 20.7. The second-order valence-corrected chi connectivity index (χ2v) is 9.80. The first kappa shape index (κ1) is 19.5. The number of amides is 1. The second kappa shape index (κ2) is 7.92. The molecular weight excluding hydrogens is 408 g/mol. The molecule has 0 spiro atoms. The van der Waals surface area contributed by atoms with Crippen molar-refractivity contribution in [2.24, 2.45) is 0 Å². The Kier molecular flexibility index (Phi) is 5.33. The zero-order valence-electron chi connectivity index (χ0n) is 15.8. The highest BCUT2D eigenvalue weighted by molar-refractivity contribution is 7.93. The maximum Gasteiger partial charge on any atom is 0.237 e. The van der Waals surface area contributed by atoms with Crippen LogP contribution in [0, 0.1) is 6.92 Å². The lowest BCUT2D eigenvalue weighted by atomic mass is 10.0. The number of anilines is 2. The standard InChI is InChI=1S/C20H20N4O3S2/c1-13-8-9-21-11-18(13)14-2-4-15(5-3-14)22-19(25)10-16-12-28-20(23-16)24-29(26,27)17-6-7-17/h2-5,8-9,11-12,17H,6-7,10H2,1H3,(H,22,25)(H,23,24). The van der Waals surface area contributed by atoms with Crippen molar-refractivity contribution in [2.45, 2.75) is 31.4 Å². The number of aryl methyl sites for hydroxylation is 1. The van der Waals surface area contributed by atoms with Gasteiger partial charge in [0.25, 0.3) is 0 Å². The molecule has 9 heteroatoms. The smallest absolute Gasteiger partial charge is 0.237 e. The highest BCUT2D eigenvalue weighted by Crippen LogP contribution is 2.30. The average molecular weight is 429 g/mol. The van der Waals surface area contributed by atoms with Gasteiger partial charge < -0.3 is 5.32 Å². The van der Waals surface area contributed by atoms with Crippen LogP contribution in [0.4, 0.5) is 10.8 Å². The fraction of sp³-hybridized carbons (Fsp3) is 0.250. The molecule has 1 aromatic carbocycles. The molecule has 0 atom stereocenters. The number of carbonyl (C=O) groups excluding carboxylic acids is 1. The lowest BCUT2D eigenvalue weighted by Crippen LogP contribution is -2.17. The molecule has 0 aliphatic heterocycles. The lowest BCUT2D eigenvalue weighted by molar-refractivity contribution is -0.115. The number of hydrogen-bond donors (Lipinski definition) is 2. The van der Waals surface area contributed by atoms with E-state index in [2.05, 4.69) is 20.0 Å². The Morgan fingerprint density at radius 3 is 2.66 bits per heavy atom. The van der Waals surface area contributed by atoms with Crippen LogP contribution in [0.5, 0.6) is 0 Å². The van der Waals surface area contributed by atoms with Gasteiger partial charge in [-0.1, -0.05) is 12.1 Å². The van der Waals surface area contributed by atoms with E-state index >= 15 is 0 Å².